The van der Waals surface area contributed by atoms with E-state index in [4.69, 9.17) is 16.3 Å². The van der Waals surface area contributed by atoms with Gasteiger partial charge >= 0.3 is 5.97 Å². The molecule has 2 N–H and O–H groups in total. The number of anilines is 1. The molecule has 2 rings (SSSR count). The topological polar surface area (TPSA) is 88.3 Å². The predicted octanol–water partition coefficient (Wildman–Crippen LogP) is 3.90. The summed E-state index contributed by atoms with van der Waals surface area (Å²) in [6.45, 7) is 8.06. The lowest BCUT2D eigenvalue weighted by Crippen LogP contribution is -2.22. The molecule has 0 saturated heterocycles. The maximum Gasteiger partial charge on any atom is 0.355 e. The SMILES string of the molecule is CC(=O)c1c(C)[nH]c(C(=O)OCC(=O)Nc2c(C)cc(C)cc2Cl)c1C. The number of esters is 1. The van der Waals surface area contributed by atoms with Gasteiger partial charge in [0.2, 0.25) is 0 Å². The molecule has 0 saturated carbocycles. The van der Waals surface area contributed by atoms with Crippen LogP contribution in [0, 0.1) is 27.7 Å². The van der Waals surface area contributed by atoms with E-state index in [2.05, 4.69) is 10.3 Å². The van der Waals surface area contributed by atoms with Gasteiger partial charge in [-0.2, -0.15) is 0 Å². The Hall–Kier alpha value is -2.60. The highest BCUT2D eigenvalue weighted by Crippen LogP contribution is 2.27. The van der Waals surface area contributed by atoms with Gasteiger partial charge in [-0.3, -0.25) is 9.59 Å². The monoisotopic (exact) mass is 376 g/mol. The number of nitrogens with one attached hydrogen (secondary N) is 2. The highest BCUT2D eigenvalue weighted by atomic mass is 35.5. The van der Waals surface area contributed by atoms with Crippen LogP contribution in [0.15, 0.2) is 12.1 Å². The van der Waals surface area contributed by atoms with Gasteiger partial charge in [-0.05, 0) is 57.4 Å². The van der Waals surface area contributed by atoms with Gasteiger partial charge < -0.3 is 15.0 Å². The lowest BCUT2D eigenvalue weighted by Gasteiger charge is -2.11. The molecule has 1 aromatic carbocycles. The number of hydrogen-bond donors (Lipinski definition) is 2. The van der Waals surface area contributed by atoms with Crippen molar-refractivity contribution in [3.05, 3.63) is 50.8 Å². The van der Waals surface area contributed by atoms with Gasteiger partial charge in [0.25, 0.3) is 5.91 Å². The molecular weight excluding hydrogens is 356 g/mol. The Bertz CT molecular complexity index is 876. The Labute approximate surface area is 156 Å². The fourth-order valence-corrected chi connectivity index (χ4v) is 3.30. The van der Waals surface area contributed by atoms with Crippen LogP contribution in [0.2, 0.25) is 5.02 Å². The van der Waals surface area contributed by atoms with Gasteiger partial charge in [0.05, 0.1) is 10.7 Å². The Morgan fingerprint density at radius 3 is 2.35 bits per heavy atom. The number of aryl methyl sites for hydroxylation is 3. The number of H-pyrrole nitrogens is 1. The molecule has 1 heterocycles. The van der Waals surface area contributed by atoms with E-state index >= 15 is 0 Å². The molecule has 0 radical (unpaired) electrons. The number of rotatable bonds is 5. The van der Waals surface area contributed by atoms with Crippen LogP contribution in [0.4, 0.5) is 5.69 Å². The van der Waals surface area contributed by atoms with E-state index in [1.165, 1.54) is 6.92 Å². The highest BCUT2D eigenvalue weighted by molar-refractivity contribution is 6.34. The maximum absolute atomic E-state index is 12.2. The number of aromatic nitrogens is 1. The summed E-state index contributed by atoms with van der Waals surface area (Å²) in [4.78, 5) is 38.8. The van der Waals surface area contributed by atoms with Crippen molar-refractivity contribution in [2.24, 2.45) is 0 Å². The molecule has 7 heteroatoms. The first-order chi connectivity index (χ1) is 12.1. The molecule has 0 unspecified atom stereocenters. The van der Waals surface area contributed by atoms with Crippen molar-refractivity contribution in [2.45, 2.75) is 34.6 Å². The van der Waals surface area contributed by atoms with E-state index in [1.807, 2.05) is 19.9 Å². The third-order valence-corrected chi connectivity index (χ3v) is 4.32. The number of amides is 1. The minimum atomic E-state index is -0.694. The average molecular weight is 377 g/mol. The first kappa shape index (κ1) is 19.7. The number of halogens is 1. The Morgan fingerprint density at radius 2 is 1.81 bits per heavy atom. The second kappa shape index (κ2) is 7.74. The molecule has 1 aromatic heterocycles. The van der Waals surface area contributed by atoms with Crippen LogP contribution in [0.5, 0.6) is 0 Å². The van der Waals surface area contributed by atoms with E-state index in [-0.39, 0.29) is 11.5 Å². The number of hydrogen-bond acceptors (Lipinski definition) is 4. The third kappa shape index (κ3) is 4.14. The van der Waals surface area contributed by atoms with Gasteiger partial charge in [-0.1, -0.05) is 17.7 Å². The molecule has 0 bridgehead atoms. The Morgan fingerprint density at radius 1 is 1.15 bits per heavy atom. The van der Waals surface area contributed by atoms with Crippen LogP contribution in [-0.2, 0) is 9.53 Å². The van der Waals surface area contributed by atoms with Crippen molar-refractivity contribution in [1.82, 2.24) is 4.98 Å². The molecule has 0 aliphatic heterocycles. The quantitative estimate of drug-likeness (QED) is 0.611. The van der Waals surface area contributed by atoms with E-state index in [0.29, 0.717) is 27.5 Å². The van der Waals surface area contributed by atoms with Crippen LogP contribution < -0.4 is 5.32 Å². The molecule has 2 aromatic rings. The molecule has 0 fully saturated rings. The van der Waals surface area contributed by atoms with E-state index in [9.17, 15) is 14.4 Å². The lowest BCUT2D eigenvalue weighted by atomic mass is 10.1. The maximum atomic E-state index is 12.2. The molecule has 0 spiro atoms. The van der Waals surface area contributed by atoms with Gasteiger partial charge in [0, 0.05) is 11.3 Å². The first-order valence-electron chi connectivity index (χ1n) is 8.05. The summed E-state index contributed by atoms with van der Waals surface area (Å²) in [5.74, 6) is -1.34. The van der Waals surface area contributed by atoms with Gasteiger partial charge in [-0.15, -0.1) is 0 Å². The van der Waals surface area contributed by atoms with Crippen LogP contribution >= 0.6 is 11.6 Å². The zero-order chi connectivity index (χ0) is 19.6. The zero-order valence-corrected chi connectivity index (χ0v) is 16.1. The van der Waals surface area contributed by atoms with Crippen LogP contribution in [-0.4, -0.2) is 29.3 Å². The number of carbonyl (C=O) groups excluding carboxylic acids is 3. The van der Waals surface area contributed by atoms with Gasteiger partial charge in [-0.25, -0.2) is 4.79 Å². The lowest BCUT2D eigenvalue weighted by molar-refractivity contribution is -0.119. The summed E-state index contributed by atoms with van der Waals surface area (Å²) >= 11 is 6.15. The van der Waals surface area contributed by atoms with E-state index in [0.717, 1.165) is 11.1 Å². The number of carbonyl (C=O) groups is 3. The zero-order valence-electron chi connectivity index (χ0n) is 15.4. The Balaban J connectivity index is 2.05. The molecule has 138 valence electrons. The fourth-order valence-electron chi connectivity index (χ4n) is 2.94. The van der Waals surface area contributed by atoms with Gasteiger partial charge in [0.1, 0.15) is 5.69 Å². The van der Waals surface area contributed by atoms with Crippen molar-refractivity contribution in [3.8, 4) is 0 Å². The van der Waals surface area contributed by atoms with Crippen molar-refractivity contribution >= 4 is 34.9 Å². The number of ketones is 1. The summed E-state index contributed by atoms with van der Waals surface area (Å²) in [5, 5.41) is 3.07. The van der Waals surface area contributed by atoms with E-state index < -0.39 is 18.5 Å². The number of aromatic amines is 1. The average Bonchev–Trinajstić information content (AvgIpc) is 2.83. The number of Topliss-reactive ketones (excluding diaryl/α,β-unsaturated/α-hetero) is 1. The van der Waals surface area contributed by atoms with Crippen LogP contribution in [0.1, 0.15) is 50.2 Å². The van der Waals surface area contributed by atoms with E-state index in [1.54, 1.807) is 19.9 Å². The second-order valence-electron chi connectivity index (χ2n) is 6.24. The highest BCUT2D eigenvalue weighted by Gasteiger charge is 2.21. The van der Waals surface area contributed by atoms with Crippen molar-refractivity contribution in [2.75, 3.05) is 11.9 Å². The predicted molar refractivity (Wildman–Crippen MR) is 100 cm³/mol. The van der Waals surface area contributed by atoms with Crippen molar-refractivity contribution in [3.63, 3.8) is 0 Å². The van der Waals surface area contributed by atoms with Crippen molar-refractivity contribution in [1.29, 1.82) is 0 Å². The molecular formula is C19H21ClN2O4. The van der Waals surface area contributed by atoms with Gasteiger partial charge in [0.15, 0.2) is 12.4 Å². The third-order valence-electron chi connectivity index (χ3n) is 4.02. The van der Waals surface area contributed by atoms with Crippen molar-refractivity contribution < 1.29 is 19.1 Å². The molecule has 0 aliphatic rings. The summed E-state index contributed by atoms with van der Waals surface area (Å²) in [6, 6.07) is 3.63. The molecule has 26 heavy (non-hydrogen) atoms. The summed E-state index contributed by atoms with van der Waals surface area (Å²) in [5.41, 5.74) is 4.02. The molecule has 1 amide bonds. The summed E-state index contributed by atoms with van der Waals surface area (Å²) in [6.07, 6.45) is 0. The molecule has 6 nitrogen and oxygen atoms in total. The first-order valence-corrected chi connectivity index (χ1v) is 8.43. The largest absolute Gasteiger partial charge is 0.451 e. The smallest absolute Gasteiger partial charge is 0.355 e. The van der Waals surface area contributed by atoms with Crippen LogP contribution in [0.25, 0.3) is 0 Å². The fraction of sp³-hybridized carbons (Fsp3) is 0.316. The normalized spacial score (nSPS) is 10.5. The second-order valence-corrected chi connectivity index (χ2v) is 6.65. The van der Waals surface area contributed by atoms with Crippen LogP contribution in [0.3, 0.4) is 0 Å². The minimum absolute atomic E-state index is 0.141. The Kier molecular flexibility index (Phi) is 5.87. The summed E-state index contributed by atoms with van der Waals surface area (Å²) in [7, 11) is 0. The number of benzene rings is 1. The molecule has 0 atom stereocenters. The molecule has 0 aliphatic carbocycles. The summed E-state index contributed by atoms with van der Waals surface area (Å²) < 4.78 is 5.06. The minimum Gasteiger partial charge on any atom is -0.451 e. The number of ether oxygens (including phenoxy) is 1. The standard InChI is InChI=1S/C19H21ClN2O4/c1-9-6-10(2)17(14(20)7-9)22-15(24)8-26-19(25)18-11(3)16(13(5)23)12(4)21-18/h6-7,21H,8H2,1-5H3,(H,22,24).